The van der Waals surface area contributed by atoms with Crippen molar-refractivity contribution < 1.29 is 13.2 Å². The minimum Gasteiger partial charge on any atom is -0.326 e. The monoisotopic (exact) mass is 338 g/mol. The molecule has 1 fully saturated rings. The van der Waals surface area contributed by atoms with Gasteiger partial charge in [0.25, 0.3) is 0 Å². The van der Waals surface area contributed by atoms with E-state index in [1.165, 1.54) is 0 Å². The van der Waals surface area contributed by atoms with Crippen LogP contribution in [0.15, 0.2) is 30.3 Å². The summed E-state index contributed by atoms with van der Waals surface area (Å²) < 4.78 is 26.3. The number of anilines is 1. The van der Waals surface area contributed by atoms with E-state index in [4.69, 9.17) is 0 Å². The maximum Gasteiger partial charge on any atom is 0.227 e. The van der Waals surface area contributed by atoms with E-state index in [9.17, 15) is 13.2 Å². The molecule has 128 valence electrons. The van der Waals surface area contributed by atoms with E-state index < -0.39 is 14.8 Å². The van der Waals surface area contributed by atoms with Gasteiger partial charge in [0.15, 0.2) is 0 Å². The van der Waals surface area contributed by atoms with Crippen molar-refractivity contribution >= 4 is 21.6 Å². The highest BCUT2D eigenvalue weighted by atomic mass is 32.2. The Morgan fingerprint density at radius 1 is 1.04 bits per heavy atom. The second kappa shape index (κ2) is 7.01. The molecule has 2 N–H and O–H groups in total. The molecular formula is C17H26N2O3S. The lowest BCUT2D eigenvalue weighted by atomic mass is 9.86. The zero-order valence-corrected chi connectivity index (χ0v) is 14.8. The largest absolute Gasteiger partial charge is 0.326 e. The molecule has 2 rings (SSSR count). The van der Waals surface area contributed by atoms with Crippen LogP contribution in [0.1, 0.15) is 46.5 Å². The summed E-state index contributed by atoms with van der Waals surface area (Å²) in [6.45, 7) is 5.07. The Labute approximate surface area is 138 Å². The summed E-state index contributed by atoms with van der Waals surface area (Å²) in [4.78, 5) is 12.3. The highest BCUT2D eigenvalue weighted by molar-refractivity contribution is 7.90. The SMILES string of the molecule is CC(C)(C)S(=O)(=O)NC1CCC(C(=O)Nc2ccccc2)CC1. The lowest BCUT2D eigenvalue weighted by molar-refractivity contribution is -0.120. The van der Waals surface area contributed by atoms with E-state index in [-0.39, 0.29) is 17.9 Å². The molecule has 0 atom stereocenters. The number of sulfonamides is 1. The predicted octanol–water partition coefficient (Wildman–Crippen LogP) is 2.90. The quantitative estimate of drug-likeness (QED) is 0.886. The second-order valence-corrected chi connectivity index (χ2v) is 9.60. The van der Waals surface area contributed by atoms with Crippen LogP contribution in [0.25, 0.3) is 0 Å². The van der Waals surface area contributed by atoms with E-state index in [0.717, 1.165) is 5.69 Å². The minimum absolute atomic E-state index is 0.0216. The third kappa shape index (κ3) is 4.78. The normalized spacial score (nSPS) is 22.6. The van der Waals surface area contributed by atoms with Gasteiger partial charge in [0.05, 0.1) is 4.75 Å². The standard InChI is InChI=1S/C17H26N2O3S/c1-17(2,3)23(21,22)19-15-11-9-13(10-12-15)16(20)18-14-7-5-4-6-8-14/h4-8,13,15,19H,9-12H2,1-3H3,(H,18,20). The fourth-order valence-electron chi connectivity index (χ4n) is 2.64. The zero-order chi connectivity index (χ0) is 17.1. The minimum atomic E-state index is -3.33. The van der Waals surface area contributed by atoms with Crippen molar-refractivity contribution in [3.63, 3.8) is 0 Å². The molecule has 1 aromatic carbocycles. The summed E-state index contributed by atoms with van der Waals surface area (Å²) in [5, 5.41) is 2.92. The van der Waals surface area contributed by atoms with E-state index in [0.29, 0.717) is 25.7 Å². The van der Waals surface area contributed by atoms with E-state index in [1.807, 2.05) is 30.3 Å². The van der Waals surface area contributed by atoms with E-state index >= 15 is 0 Å². The number of nitrogens with one attached hydrogen (secondary N) is 2. The van der Waals surface area contributed by atoms with Crippen LogP contribution in [0, 0.1) is 5.92 Å². The maximum atomic E-state index is 12.3. The van der Waals surface area contributed by atoms with Gasteiger partial charge in [-0.05, 0) is 58.6 Å². The van der Waals surface area contributed by atoms with Gasteiger partial charge in [-0.1, -0.05) is 18.2 Å². The molecule has 1 amide bonds. The van der Waals surface area contributed by atoms with Crippen molar-refractivity contribution in [1.82, 2.24) is 4.72 Å². The number of carbonyl (C=O) groups is 1. The van der Waals surface area contributed by atoms with E-state index in [1.54, 1.807) is 20.8 Å². The van der Waals surface area contributed by atoms with Crippen molar-refractivity contribution in [2.45, 2.75) is 57.2 Å². The first kappa shape index (κ1) is 17.9. The first-order valence-corrected chi connectivity index (χ1v) is 9.55. The van der Waals surface area contributed by atoms with Gasteiger partial charge in [-0.3, -0.25) is 4.79 Å². The lowest BCUT2D eigenvalue weighted by Gasteiger charge is -2.30. The van der Waals surface area contributed by atoms with Gasteiger partial charge in [0, 0.05) is 17.6 Å². The molecule has 1 aliphatic rings. The Morgan fingerprint density at radius 3 is 2.13 bits per heavy atom. The molecule has 0 saturated heterocycles. The summed E-state index contributed by atoms with van der Waals surface area (Å²) in [6, 6.07) is 9.33. The highest BCUT2D eigenvalue weighted by Crippen LogP contribution is 2.27. The Hall–Kier alpha value is -1.40. The summed E-state index contributed by atoms with van der Waals surface area (Å²) >= 11 is 0. The first-order valence-electron chi connectivity index (χ1n) is 8.07. The Morgan fingerprint density at radius 2 is 1.61 bits per heavy atom. The number of benzene rings is 1. The van der Waals surface area contributed by atoms with Crippen molar-refractivity contribution in [1.29, 1.82) is 0 Å². The Kier molecular flexibility index (Phi) is 5.47. The second-order valence-electron chi connectivity index (χ2n) is 7.14. The third-order valence-electron chi connectivity index (χ3n) is 4.27. The van der Waals surface area contributed by atoms with Gasteiger partial charge in [0.2, 0.25) is 15.9 Å². The number of carbonyl (C=O) groups excluding carboxylic acids is 1. The zero-order valence-electron chi connectivity index (χ0n) is 14.0. The lowest BCUT2D eigenvalue weighted by Crippen LogP contribution is -2.46. The maximum absolute atomic E-state index is 12.3. The molecule has 1 aromatic rings. The summed E-state index contributed by atoms with van der Waals surface area (Å²) in [5.41, 5.74) is 0.799. The van der Waals surface area contributed by atoms with Crippen LogP contribution in [-0.4, -0.2) is 25.1 Å². The molecule has 23 heavy (non-hydrogen) atoms. The average molecular weight is 338 g/mol. The summed E-state index contributed by atoms with van der Waals surface area (Å²) in [7, 11) is -3.33. The summed E-state index contributed by atoms with van der Waals surface area (Å²) in [6.07, 6.45) is 2.80. The topological polar surface area (TPSA) is 75.3 Å². The number of hydrogen-bond donors (Lipinski definition) is 2. The molecule has 0 radical (unpaired) electrons. The van der Waals surface area contributed by atoms with Crippen molar-refractivity contribution in [2.75, 3.05) is 5.32 Å². The third-order valence-corrected chi connectivity index (χ3v) is 6.52. The number of hydrogen-bond acceptors (Lipinski definition) is 3. The molecule has 0 aromatic heterocycles. The fraction of sp³-hybridized carbons (Fsp3) is 0.588. The van der Waals surface area contributed by atoms with Gasteiger partial charge >= 0.3 is 0 Å². The van der Waals surface area contributed by atoms with Gasteiger partial charge in [-0.2, -0.15) is 0 Å². The average Bonchev–Trinajstić information content (AvgIpc) is 2.47. The van der Waals surface area contributed by atoms with Crippen molar-refractivity contribution in [3.8, 4) is 0 Å². The van der Waals surface area contributed by atoms with Gasteiger partial charge in [-0.15, -0.1) is 0 Å². The van der Waals surface area contributed by atoms with Gasteiger partial charge < -0.3 is 5.32 Å². The first-order chi connectivity index (χ1) is 10.7. The van der Waals surface area contributed by atoms with Crippen molar-refractivity contribution in [3.05, 3.63) is 30.3 Å². The van der Waals surface area contributed by atoms with Crippen molar-refractivity contribution in [2.24, 2.45) is 5.92 Å². The molecule has 0 aliphatic heterocycles. The fourth-order valence-corrected chi connectivity index (χ4v) is 3.66. The Bertz CT molecular complexity index is 628. The van der Waals surface area contributed by atoms with E-state index in [2.05, 4.69) is 10.0 Å². The van der Waals surface area contributed by atoms with Crippen LogP contribution >= 0.6 is 0 Å². The molecule has 6 heteroatoms. The van der Waals surface area contributed by atoms with Crippen LogP contribution in [0.5, 0.6) is 0 Å². The summed E-state index contributed by atoms with van der Waals surface area (Å²) in [5.74, 6) is -0.0288. The smallest absolute Gasteiger partial charge is 0.227 e. The molecule has 1 saturated carbocycles. The van der Waals surface area contributed by atoms with Gasteiger partial charge in [0.1, 0.15) is 0 Å². The number of rotatable bonds is 4. The van der Waals surface area contributed by atoms with Crippen LogP contribution in [0.4, 0.5) is 5.69 Å². The van der Waals surface area contributed by atoms with Crippen LogP contribution in [0.3, 0.4) is 0 Å². The molecular weight excluding hydrogens is 312 g/mol. The molecule has 0 heterocycles. The Balaban J connectivity index is 1.85. The number of amides is 1. The molecule has 1 aliphatic carbocycles. The molecule has 0 spiro atoms. The molecule has 0 bridgehead atoms. The van der Waals surface area contributed by atoms with Crippen LogP contribution in [0.2, 0.25) is 0 Å². The number of para-hydroxylation sites is 1. The highest BCUT2D eigenvalue weighted by Gasteiger charge is 2.34. The molecule has 0 unspecified atom stereocenters. The van der Waals surface area contributed by atoms with Gasteiger partial charge in [-0.25, -0.2) is 13.1 Å². The molecule has 5 nitrogen and oxygen atoms in total. The van der Waals surface area contributed by atoms with Crippen LogP contribution in [-0.2, 0) is 14.8 Å². The predicted molar refractivity (Wildman–Crippen MR) is 92.6 cm³/mol. The van der Waals surface area contributed by atoms with Crippen LogP contribution < -0.4 is 10.0 Å².